The van der Waals surface area contributed by atoms with E-state index in [1.165, 1.54) is 18.2 Å². The molecule has 0 aliphatic carbocycles. The number of aryl methyl sites for hydroxylation is 1. The zero-order chi connectivity index (χ0) is 25.0. The quantitative estimate of drug-likeness (QED) is 0.322. The number of sulfonamides is 1. The van der Waals surface area contributed by atoms with Crippen molar-refractivity contribution in [3.8, 4) is 0 Å². The Balaban J connectivity index is 1.51. The van der Waals surface area contributed by atoms with Crippen molar-refractivity contribution in [1.82, 2.24) is 4.98 Å². The van der Waals surface area contributed by atoms with E-state index in [9.17, 15) is 13.2 Å². The van der Waals surface area contributed by atoms with Gasteiger partial charge in [0.05, 0.1) is 10.7 Å². The third-order valence-corrected chi connectivity index (χ3v) is 7.55. The highest BCUT2D eigenvalue weighted by atomic mass is 35.5. The van der Waals surface area contributed by atoms with E-state index < -0.39 is 15.9 Å². The van der Waals surface area contributed by atoms with Crippen molar-refractivity contribution >= 4 is 38.9 Å². The fourth-order valence-electron chi connectivity index (χ4n) is 3.56. The Hall–Kier alpha value is -3.68. The molecule has 1 amide bonds. The van der Waals surface area contributed by atoms with Crippen LogP contribution in [0.3, 0.4) is 0 Å². The predicted octanol–water partition coefficient (Wildman–Crippen LogP) is 6.00. The van der Waals surface area contributed by atoms with Gasteiger partial charge in [0.15, 0.2) is 0 Å². The van der Waals surface area contributed by atoms with E-state index in [0.717, 1.165) is 28.7 Å². The molecule has 0 atom stereocenters. The highest BCUT2D eigenvalue weighted by Gasteiger charge is 2.21. The third kappa shape index (κ3) is 5.88. The van der Waals surface area contributed by atoms with Crippen LogP contribution in [0.2, 0.25) is 5.02 Å². The van der Waals surface area contributed by atoms with Gasteiger partial charge in [-0.2, -0.15) is 0 Å². The lowest BCUT2D eigenvalue weighted by Gasteiger charge is -2.14. The monoisotopic (exact) mass is 505 g/mol. The first-order chi connectivity index (χ1) is 16.7. The van der Waals surface area contributed by atoms with Crippen molar-refractivity contribution in [3.05, 3.63) is 118 Å². The minimum atomic E-state index is -4.01. The number of rotatable bonds is 7. The molecule has 0 aliphatic rings. The van der Waals surface area contributed by atoms with Gasteiger partial charge in [0.1, 0.15) is 4.90 Å². The number of hydrogen-bond acceptors (Lipinski definition) is 4. The van der Waals surface area contributed by atoms with Crippen LogP contribution >= 0.6 is 11.6 Å². The molecular weight excluding hydrogens is 482 g/mol. The van der Waals surface area contributed by atoms with Crippen LogP contribution in [0.25, 0.3) is 0 Å². The molecule has 1 aromatic heterocycles. The van der Waals surface area contributed by atoms with Crippen molar-refractivity contribution in [3.63, 3.8) is 0 Å². The van der Waals surface area contributed by atoms with E-state index in [1.54, 1.807) is 24.5 Å². The van der Waals surface area contributed by atoms with Crippen LogP contribution < -0.4 is 10.0 Å². The zero-order valence-electron chi connectivity index (χ0n) is 19.2. The summed E-state index contributed by atoms with van der Waals surface area (Å²) < 4.78 is 28.7. The number of carbonyl (C=O) groups excluding carboxylic acids is 1. The average Bonchev–Trinajstić information content (AvgIpc) is 2.84. The minimum Gasteiger partial charge on any atom is -0.322 e. The summed E-state index contributed by atoms with van der Waals surface area (Å²) in [4.78, 5) is 16.7. The predicted molar refractivity (Wildman–Crippen MR) is 140 cm³/mol. The maximum absolute atomic E-state index is 13.1. The Morgan fingerprint density at radius 3 is 2.31 bits per heavy atom. The highest BCUT2D eigenvalue weighted by molar-refractivity contribution is 7.92. The molecule has 6 nitrogen and oxygen atoms in total. The number of carbonyl (C=O) groups is 1. The van der Waals surface area contributed by atoms with Crippen molar-refractivity contribution in [2.45, 2.75) is 25.2 Å². The Kier molecular flexibility index (Phi) is 7.19. The van der Waals surface area contributed by atoms with Crippen LogP contribution in [0.15, 0.2) is 90.1 Å². The van der Waals surface area contributed by atoms with Crippen molar-refractivity contribution < 1.29 is 13.2 Å². The Morgan fingerprint density at radius 2 is 1.60 bits per heavy atom. The lowest BCUT2D eigenvalue weighted by Crippen LogP contribution is -2.17. The first kappa shape index (κ1) is 24.4. The summed E-state index contributed by atoms with van der Waals surface area (Å²) >= 11 is 6.21. The summed E-state index contributed by atoms with van der Waals surface area (Å²) in [5.41, 5.74) is 5.23. The van der Waals surface area contributed by atoms with Crippen molar-refractivity contribution in [2.75, 3.05) is 10.0 Å². The van der Waals surface area contributed by atoms with Crippen molar-refractivity contribution in [1.29, 1.82) is 0 Å². The number of hydrogen-bond donors (Lipinski definition) is 2. The van der Waals surface area contributed by atoms with Crippen LogP contribution in [0.1, 0.15) is 32.6 Å². The lowest BCUT2D eigenvalue weighted by molar-refractivity contribution is 0.102. The summed E-state index contributed by atoms with van der Waals surface area (Å²) in [6.45, 7) is 3.73. The second-order valence-electron chi connectivity index (χ2n) is 8.18. The number of amides is 1. The Morgan fingerprint density at radius 1 is 0.914 bits per heavy atom. The molecule has 0 unspecified atom stereocenters. The topological polar surface area (TPSA) is 88.2 Å². The van der Waals surface area contributed by atoms with Gasteiger partial charge in [0.2, 0.25) is 0 Å². The van der Waals surface area contributed by atoms with Crippen LogP contribution in [-0.2, 0) is 16.4 Å². The standard InChI is InChI=1S/C27H24ClN3O3S/c1-18-4-3-5-25(19(18)2)31-35(33,34)26-17-22(8-11-24(26)28)27(32)30-23-9-6-20(7-10-23)16-21-12-14-29-15-13-21/h3-15,17,31H,16H2,1-2H3,(H,30,32). The molecular formula is C27H24ClN3O3S. The molecule has 1 heterocycles. The van der Waals surface area contributed by atoms with Crippen LogP contribution in [0, 0.1) is 13.8 Å². The normalized spacial score (nSPS) is 11.2. The molecule has 0 aliphatic heterocycles. The molecule has 8 heteroatoms. The van der Waals surface area contributed by atoms with Gasteiger partial charge in [-0.05, 0) is 91.1 Å². The largest absolute Gasteiger partial charge is 0.322 e. The van der Waals surface area contributed by atoms with E-state index in [2.05, 4.69) is 15.0 Å². The van der Waals surface area contributed by atoms with Crippen LogP contribution in [0.4, 0.5) is 11.4 Å². The van der Waals surface area contributed by atoms with Gasteiger partial charge < -0.3 is 5.32 Å². The van der Waals surface area contributed by atoms with Crippen LogP contribution in [-0.4, -0.2) is 19.3 Å². The number of aromatic nitrogens is 1. The third-order valence-electron chi connectivity index (χ3n) is 5.70. The Bertz CT molecular complexity index is 1470. The summed E-state index contributed by atoms with van der Waals surface area (Å²) in [7, 11) is -4.01. The second-order valence-corrected chi connectivity index (χ2v) is 10.2. The van der Waals surface area contributed by atoms with Gasteiger partial charge in [-0.3, -0.25) is 14.5 Å². The Labute approximate surface area is 210 Å². The van der Waals surface area contributed by atoms with E-state index in [-0.39, 0.29) is 15.5 Å². The molecule has 178 valence electrons. The van der Waals surface area contributed by atoms with Gasteiger partial charge in [-0.15, -0.1) is 0 Å². The number of halogens is 1. The van der Waals surface area contributed by atoms with E-state index >= 15 is 0 Å². The molecule has 3 aromatic carbocycles. The van der Waals surface area contributed by atoms with E-state index in [4.69, 9.17) is 11.6 Å². The van der Waals surface area contributed by atoms with E-state index in [0.29, 0.717) is 11.4 Å². The number of pyridine rings is 1. The number of nitrogens with one attached hydrogen (secondary N) is 2. The zero-order valence-corrected chi connectivity index (χ0v) is 20.8. The number of benzene rings is 3. The van der Waals surface area contributed by atoms with Gasteiger partial charge in [0, 0.05) is 23.6 Å². The molecule has 2 N–H and O–H groups in total. The van der Waals surface area contributed by atoms with Gasteiger partial charge >= 0.3 is 0 Å². The van der Waals surface area contributed by atoms with Gasteiger partial charge in [0.25, 0.3) is 15.9 Å². The minimum absolute atomic E-state index is 0.0276. The number of anilines is 2. The SMILES string of the molecule is Cc1cccc(NS(=O)(=O)c2cc(C(=O)Nc3ccc(Cc4ccncc4)cc3)ccc2Cl)c1C. The van der Waals surface area contributed by atoms with Crippen LogP contribution in [0.5, 0.6) is 0 Å². The second kappa shape index (κ2) is 10.3. The van der Waals surface area contributed by atoms with E-state index in [1.807, 2.05) is 56.3 Å². The fraction of sp³-hybridized carbons (Fsp3) is 0.111. The first-order valence-corrected chi connectivity index (χ1v) is 12.8. The maximum Gasteiger partial charge on any atom is 0.263 e. The van der Waals surface area contributed by atoms with Gasteiger partial charge in [-0.25, -0.2) is 8.42 Å². The molecule has 0 bridgehead atoms. The maximum atomic E-state index is 13.1. The summed E-state index contributed by atoms with van der Waals surface area (Å²) in [6, 6.07) is 20.9. The summed E-state index contributed by atoms with van der Waals surface area (Å²) in [6.07, 6.45) is 4.26. The lowest BCUT2D eigenvalue weighted by atomic mass is 10.1. The number of nitrogens with zero attached hydrogens (tertiary/aromatic N) is 1. The molecule has 0 spiro atoms. The molecule has 0 radical (unpaired) electrons. The molecule has 0 saturated heterocycles. The smallest absolute Gasteiger partial charge is 0.263 e. The molecule has 4 aromatic rings. The fourth-order valence-corrected chi connectivity index (χ4v) is 5.21. The molecule has 4 rings (SSSR count). The first-order valence-electron chi connectivity index (χ1n) is 10.9. The molecule has 0 fully saturated rings. The molecule has 0 saturated carbocycles. The highest BCUT2D eigenvalue weighted by Crippen LogP contribution is 2.27. The summed E-state index contributed by atoms with van der Waals surface area (Å²) in [5.74, 6) is -0.438. The average molecular weight is 506 g/mol. The van der Waals surface area contributed by atoms with Crippen molar-refractivity contribution in [2.24, 2.45) is 0 Å². The van der Waals surface area contributed by atoms with Gasteiger partial charge in [-0.1, -0.05) is 35.9 Å². The molecule has 35 heavy (non-hydrogen) atoms. The summed E-state index contributed by atoms with van der Waals surface area (Å²) in [5, 5.41) is 2.83.